The third-order valence-corrected chi connectivity index (χ3v) is 7.33. The normalized spacial score (nSPS) is 24.0. The first-order valence-corrected chi connectivity index (χ1v) is 12.0. The van der Waals surface area contributed by atoms with Gasteiger partial charge in [0.05, 0.1) is 16.6 Å². The number of oxime groups is 1. The molecule has 31 heavy (non-hydrogen) atoms. The van der Waals surface area contributed by atoms with Crippen LogP contribution in [0.25, 0.3) is 0 Å². The van der Waals surface area contributed by atoms with Crippen LogP contribution in [-0.2, 0) is 22.7 Å². The van der Waals surface area contributed by atoms with Gasteiger partial charge in [0, 0.05) is 50.6 Å². The third-order valence-electron chi connectivity index (χ3n) is 6.51. The molecule has 0 saturated carbocycles. The Balaban J connectivity index is 1.10. The van der Waals surface area contributed by atoms with Crippen molar-refractivity contribution in [2.75, 3.05) is 26.2 Å². The molecule has 2 saturated heterocycles. The maximum absolute atomic E-state index is 12.6. The van der Waals surface area contributed by atoms with E-state index >= 15 is 0 Å². The summed E-state index contributed by atoms with van der Waals surface area (Å²) in [6, 6.07) is 10.1. The first kappa shape index (κ1) is 20.5. The highest BCUT2D eigenvalue weighted by atomic mass is 32.1. The summed E-state index contributed by atoms with van der Waals surface area (Å²) in [5.74, 6) is 1.64. The van der Waals surface area contributed by atoms with Gasteiger partial charge < -0.3 is 15.1 Å². The smallest absolute Gasteiger partial charge is 0.223 e. The van der Waals surface area contributed by atoms with Gasteiger partial charge in [0.1, 0.15) is 0 Å². The summed E-state index contributed by atoms with van der Waals surface area (Å²) in [6.07, 6.45) is 1.86. The number of rotatable bonds is 5. The number of piperidine rings is 1. The minimum absolute atomic E-state index is 0.0756. The first-order valence-electron chi connectivity index (χ1n) is 11.1. The Labute approximate surface area is 187 Å². The van der Waals surface area contributed by atoms with Crippen LogP contribution in [-0.4, -0.2) is 58.8 Å². The third kappa shape index (κ3) is 4.60. The number of likely N-dealkylation sites (tertiary alicyclic amines) is 2. The van der Waals surface area contributed by atoms with E-state index in [-0.39, 0.29) is 17.9 Å². The molecule has 2 unspecified atom stereocenters. The molecule has 164 valence electrons. The average Bonchev–Trinajstić information content (AvgIpc) is 3.49. The Morgan fingerprint density at radius 3 is 2.77 bits per heavy atom. The SMILES string of the molecule is Cc1nc(CN2CC3ON=C(N4CCC(C(=O)NCc5ccccc5)CC4)C3C2)cs1. The van der Waals surface area contributed by atoms with Gasteiger partial charge in [-0.25, -0.2) is 4.98 Å². The summed E-state index contributed by atoms with van der Waals surface area (Å²) in [6.45, 7) is 7.09. The fourth-order valence-corrected chi connectivity index (χ4v) is 5.43. The molecular weight excluding hydrogens is 410 g/mol. The molecule has 3 aliphatic rings. The van der Waals surface area contributed by atoms with Gasteiger partial charge in [-0.2, -0.15) is 0 Å². The number of nitrogens with one attached hydrogen (secondary N) is 1. The lowest BCUT2D eigenvalue weighted by Gasteiger charge is -2.33. The molecular formula is C23H29N5O2S. The number of hydrogen-bond acceptors (Lipinski definition) is 7. The van der Waals surface area contributed by atoms with Gasteiger partial charge in [0.25, 0.3) is 0 Å². The lowest BCUT2D eigenvalue weighted by atomic mass is 9.94. The molecule has 1 amide bonds. The zero-order valence-corrected chi connectivity index (χ0v) is 18.7. The van der Waals surface area contributed by atoms with Crippen LogP contribution in [0.15, 0.2) is 40.9 Å². The van der Waals surface area contributed by atoms with E-state index in [2.05, 4.69) is 30.6 Å². The van der Waals surface area contributed by atoms with E-state index in [1.54, 1.807) is 11.3 Å². The highest BCUT2D eigenvalue weighted by Gasteiger charge is 2.45. The summed E-state index contributed by atoms with van der Waals surface area (Å²) >= 11 is 1.70. The Kier molecular flexibility index (Phi) is 5.91. The summed E-state index contributed by atoms with van der Waals surface area (Å²) in [4.78, 5) is 27.7. The largest absolute Gasteiger partial charge is 0.389 e. The van der Waals surface area contributed by atoms with Crippen LogP contribution in [0.4, 0.5) is 0 Å². The number of carbonyl (C=O) groups excluding carboxylic acids is 1. The summed E-state index contributed by atoms with van der Waals surface area (Å²) in [5, 5.41) is 10.8. The van der Waals surface area contributed by atoms with E-state index < -0.39 is 0 Å². The van der Waals surface area contributed by atoms with E-state index in [1.165, 1.54) is 0 Å². The van der Waals surface area contributed by atoms with Crippen LogP contribution < -0.4 is 5.32 Å². The Morgan fingerprint density at radius 1 is 1.23 bits per heavy atom. The van der Waals surface area contributed by atoms with Crippen LogP contribution in [0, 0.1) is 18.8 Å². The molecule has 0 spiro atoms. The van der Waals surface area contributed by atoms with Gasteiger partial charge in [-0.15, -0.1) is 11.3 Å². The molecule has 2 fully saturated rings. The lowest BCUT2D eigenvalue weighted by molar-refractivity contribution is -0.126. The van der Waals surface area contributed by atoms with E-state index in [9.17, 15) is 4.79 Å². The lowest BCUT2D eigenvalue weighted by Crippen LogP contribution is -2.45. The zero-order chi connectivity index (χ0) is 21.2. The highest BCUT2D eigenvalue weighted by molar-refractivity contribution is 7.09. The van der Waals surface area contributed by atoms with Crippen LogP contribution in [0.1, 0.15) is 29.1 Å². The average molecular weight is 440 g/mol. The van der Waals surface area contributed by atoms with Crippen LogP contribution >= 0.6 is 11.3 Å². The molecule has 7 nitrogen and oxygen atoms in total. The number of fused-ring (bicyclic) bond motifs is 1. The fraction of sp³-hybridized carbons (Fsp3) is 0.522. The molecule has 2 aromatic rings. The van der Waals surface area contributed by atoms with Gasteiger partial charge in [-0.3, -0.25) is 9.69 Å². The standard InChI is InChI=1S/C23H29N5O2S/c1-16-25-19(15-31-16)12-27-13-20-21(14-27)30-26-22(20)28-9-7-18(8-10-28)23(29)24-11-17-5-3-2-4-6-17/h2-6,15,18,20-21H,7-14H2,1H3,(H,24,29). The molecule has 0 radical (unpaired) electrons. The molecule has 1 N–H and O–H groups in total. The quantitative estimate of drug-likeness (QED) is 0.776. The molecule has 8 heteroatoms. The number of amidine groups is 1. The molecule has 5 rings (SSSR count). The van der Waals surface area contributed by atoms with Crippen molar-refractivity contribution in [1.82, 2.24) is 20.1 Å². The first-order chi connectivity index (χ1) is 15.2. The Bertz CT molecular complexity index is 938. The fourth-order valence-electron chi connectivity index (χ4n) is 4.83. The van der Waals surface area contributed by atoms with Crippen molar-refractivity contribution in [3.8, 4) is 0 Å². The van der Waals surface area contributed by atoms with E-state index in [0.29, 0.717) is 12.5 Å². The predicted molar refractivity (Wildman–Crippen MR) is 121 cm³/mol. The monoisotopic (exact) mass is 439 g/mol. The number of carbonyl (C=O) groups is 1. The van der Waals surface area contributed by atoms with Gasteiger partial charge >= 0.3 is 0 Å². The number of thiazole rings is 1. The molecule has 1 aromatic carbocycles. The number of aromatic nitrogens is 1. The van der Waals surface area contributed by atoms with Gasteiger partial charge in [-0.1, -0.05) is 35.5 Å². The number of amides is 1. The van der Waals surface area contributed by atoms with Crippen molar-refractivity contribution in [3.63, 3.8) is 0 Å². The van der Waals surface area contributed by atoms with E-state index in [1.807, 2.05) is 37.3 Å². The van der Waals surface area contributed by atoms with E-state index in [4.69, 9.17) is 4.84 Å². The second-order valence-electron chi connectivity index (χ2n) is 8.72. The number of nitrogens with zero attached hydrogens (tertiary/aromatic N) is 4. The predicted octanol–water partition coefficient (Wildman–Crippen LogP) is 2.62. The molecule has 0 bridgehead atoms. The Hall–Kier alpha value is -2.45. The van der Waals surface area contributed by atoms with Gasteiger partial charge in [-0.05, 0) is 25.3 Å². The summed E-state index contributed by atoms with van der Waals surface area (Å²) in [7, 11) is 0. The van der Waals surface area contributed by atoms with Gasteiger partial charge in [0.15, 0.2) is 11.9 Å². The van der Waals surface area contributed by atoms with Crippen molar-refractivity contribution in [1.29, 1.82) is 0 Å². The molecule has 3 aliphatic heterocycles. The van der Waals surface area contributed by atoms with Crippen molar-refractivity contribution in [3.05, 3.63) is 52.0 Å². The molecule has 4 heterocycles. The topological polar surface area (TPSA) is 70.1 Å². The zero-order valence-electron chi connectivity index (χ0n) is 17.9. The van der Waals surface area contributed by atoms with Crippen LogP contribution in [0.2, 0.25) is 0 Å². The van der Waals surface area contributed by atoms with Gasteiger partial charge in [0.2, 0.25) is 5.91 Å². The minimum atomic E-state index is 0.0756. The molecule has 2 atom stereocenters. The van der Waals surface area contributed by atoms with Crippen LogP contribution in [0.3, 0.4) is 0 Å². The summed E-state index contributed by atoms with van der Waals surface area (Å²) < 4.78 is 0. The van der Waals surface area contributed by atoms with Crippen molar-refractivity contribution < 1.29 is 9.63 Å². The summed E-state index contributed by atoms with van der Waals surface area (Å²) in [5.41, 5.74) is 2.28. The maximum Gasteiger partial charge on any atom is 0.223 e. The molecule has 0 aliphatic carbocycles. The van der Waals surface area contributed by atoms with Crippen molar-refractivity contribution in [2.45, 2.75) is 39.0 Å². The number of benzene rings is 1. The van der Waals surface area contributed by atoms with Crippen molar-refractivity contribution >= 4 is 23.1 Å². The van der Waals surface area contributed by atoms with Crippen LogP contribution in [0.5, 0.6) is 0 Å². The number of aryl methyl sites for hydroxylation is 1. The Morgan fingerprint density at radius 2 is 2.03 bits per heavy atom. The van der Waals surface area contributed by atoms with E-state index in [0.717, 1.165) is 67.7 Å². The number of hydrogen-bond donors (Lipinski definition) is 1. The second kappa shape index (κ2) is 8.96. The highest BCUT2D eigenvalue weighted by Crippen LogP contribution is 2.31. The maximum atomic E-state index is 12.6. The molecule has 1 aromatic heterocycles. The minimum Gasteiger partial charge on any atom is -0.389 e. The second-order valence-corrected chi connectivity index (χ2v) is 9.78. The van der Waals surface area contributed by atoms with Crippen molar-refractivity contribution in [2.24, 2.45) is 17.0 Å².